The molecule has 3 rings (SSSR count). The molecule has 7 heteroatoms. The van der Waals surface area contributed by atoms with Crippen molar-refractivity contribution >= 4 is 17.2 Å². The third-order valence-corrected chi connectivity index (χ3v) is 4.28. The van der Waals surface area contributed by atoms with Crippen molar-refractivity contribution in [3.63, 3.8) is 0 Å². The molecule has 23 heavy (non-hydrogen) atoms. The summed E-state index contributed by atoms with van der Waals surface area (Å²) in [6, 6.07) is 9.84. The summed E-state index contributed by atoms with van der Waals surface area (Å²) in [5.74, 6) is -0.00499. The first kappa shape index (κ1) is 15.4. The number of nitrogens with zero attached hydrogens (tertiary/aromatic N) is 4. The Balaban J connectivity index is 2.13. The van der Waals surface area contributed by atoms with Gasteiger partial charge < -0.3 is 4.90 Å². The van der Waals surface area contributed by atoms with Crippen LogP contribution in [0.2, 0.25) is 0 Å². The lowest BCUT2D eigenvalue weighted by molar-refractivity contribution is 0.0790. The molecule has 0 N–H and O–H groups in total. The highest BCUT2D eigenvalue weighted by atomic mass is 32.1. The van der Waals surface area contributed by atoms with Gasteiger partial charge in [-0.1, -0.05) is 12.1 Å². The molecule has 3 aromatic rings. The van der Waals surface area contributed by atoms with Gasteiger partial charge >= 0.3 is 0 Å². The Kier molecular flexibility index (Phi) is 4.20. The minimum Gasteiger partial charge on any atom is -0.339 e. The van der Waals surface area contributed by atoms with E-state index in [4.69, 9.17) is 0 Å². The van der Waals surface area contributed by atoms with Crippen LogP contribution < -0.4 is 0 Å². The number of carbonyl (C=O) groups excluding carboxylic acids is 1. The summed E-state index contributed by atoms with van der Waals surface area (Å²) in [5, 5.41) is 6.22. The first-order chi connectivity index (χ1) is 11.1. The lowest BCUT2D eigenvalue weighted by Gasteiger charge is -2.10. The molecule has 0 radical (unpaired) electrons. The Hall–Kier alpha value is -2.54. The summed E-state index contributed by atoms with van der Waals surface area (Å²) in [4.78, 5) is 19.1. The van der Waals surface area contributed by atoms with Crippen LogP contribution in [0.5, 0.6) is 0 Å². The number of thiophene rings is 1. The topological polar surface area (TPSA) is 51.0 Å². The van der Waals surface area contributed by atoms with Crippen LogP contribution in [0, 0.1) is 5.82 Å². The number of aromatic nitrogens is 3. The summed E-state index contributed by atoms with van der Waals surface area (Å²) in [6.07, 6.45) is 0. The lowest BCUT2D eigenvalue weighted by Crippen LogP contribution is -2.27. The van der Waals surface area contributed by atoms with Crippen molar-refractivity contribution in [2.45, 2.75) is 6.92 Å². The van der Waals surface area contributed by atoms with Crippen molar-refractivity contribution in [3.05, 3.63) is 53.4 Å². The Labute approximate surface area is 137 Å². The maximum absolute atomic E-state index is 13.5. The van der Waals surface area contributed by atoms with Gasteiger partial charge in [-0.05, 0) is 36.6 Å². The van der Waals surface area contributed by atoms with Gasteiger partial charge in [-0.25, -0.2) is 14.1 Å². The second-order valence-electron chi connectivity index (χ2n) is 4.95. The van der Waals surface area contributed by atoms with E-state index < -0.39 is 0 Å². The molecule has 0 atom stereocenters. The average molecular weight is 330 g/mol. The van der Waals surface area contributed by atoms with Crippen LogP contribution in [-0.4, -0.2) is 39.2 Å². The van der Waals surface area contributed by atoms with E-state index in [1.807, 2.05) is 24.4 Å². The van der Waals surface area contributed by atoms with Crippen LogP contribution in [0.3, 0.4) is 0 Å². The minimum atomic E-state index is -0.367. The van der Waals surface area contributed by atoms with E-state index in [0.717, 1.165) is 4.88 Å². The van der Waals surface area contributed by atoms with Crippen LogP contribution in [-0.2, 0) is 0 Å². The van der Waals surface area contributed by atoms with Crippen LogP contribution in [0.15, 0.2) is 41.8 Å². The van der Waals surface area contributed by atoms with E-state index in [0.29, 0.717) is 18.1 Å². The highest BCUT2D eigenvalue weighted by Gasteiger charge is 2.21. The fraction of sp³-hybridized carbons (Fsp3) is 0.188. The summed E-state index contributed by atoms with van der Waals surface area (Å²) >= 11 is 1.49. The Bertz CT molecular complexity index is 828. The number of hydrogen-bond donors (Lipinski definition) is 0. The molecule has 0 bridgehead atoms. The van der Waals surface area contributed by atoms with Gasteiger partial charge in [-0.2, -0.15) is 0 Å². The largest absolute Gasteiger partial charge is 0.339 e. The molecule has 0 spiro atoms. The molecular weight excluding hydrogens is 315 g/mol. The molecule has 1 amide bonds. The second-order valence-corrected chi connectivity index (χ2v) is 5.90. The fourth-order valence-electron chi connectivity index (χ4n) is 2.07. The van der Waals surface area contributed by atoms with Crippen molar-refractivity contribution in [3.8, 4) is 16.4 Å². The van der Waals surface area contributed by atoms with Crippen LogP contribution >= 0.6 is 11.3 Å². The molecule has 0 saturated heterocycles. The Morgan fingerprint density at radius 2 is 2.17 bits per heavy atom. The summed E-state index contributed by atoms with van der Waals surface area (Å²) < 4.78 is 15.0. The number of hydrogen-bond acceptors (Lipinski definition) is 4. The number of rotatable bonds is 4. The van der Waals surface area contributed by atoms with Gasteiger partial charge in [-0.15, -0.1) is 16.4 Å². The predicted molar refractivity (Wildman–Crippen MR) is 87.3 cm³/mol. The first-order valence-electron chi connectivity index (χ1n) is 7.12. The van der Waals surface area contributed by atoms with Crippen molar-refractivity contribution in [1.29, 1.82) is 0 Å². The number of halogens is 1. The van der Waals surface area contributed by atoms with E-state index in [2.05, 4.69) is 10.1 Å². The van der Waals surface area contributed by atoms with E-state index in [9.17, 15) is 9.18 Å². The predicted octanol–water partition coefficient (Wildman–Crippen LogP) is 3.23. The highest BCUT2D eigenvalue weighted by Crippen LogP contribution is 2.26. The third kappa shape index (κ3) is 3.00. The lowest BCUT2D eigenvalue weighted by atomic mass is 10.3. The molecule has 5 nitrogen and oxygen atoms in total. The molecule has 118 valence electrons. The van der Waals surface area contributed by atoms with Gasteiger partial charge in [0.2, 0.25) is 5.82 Å². The number of benzene rings is 1. The van der Waals surface area contributed by atoms with Gasteiger partial charge in [-0.3, -0.25) is 4.79 Å². The van der Waals surface area contributed by atoms with Crippen molar-refractivity contribution in [2.24, 2.45) is 0 Å². The molecule has 2 aromatic heterocycles. The molecule has 1 aromatic carbocycles. The van der Waals surface area contributed by atoms with Crippen LogP contribution in [0.25, 0.3) is 16.4 Å². The summed E-state index contributed by atoms with van der Waals surface area (Å²) in [6.45, 7) is 2.43. The highest BCUT2D eigenvalue weighted by molar-refractivity contribution is 7.13. The second kappa shape index (κ2) is 6.29. The van der Waals surface area contributed by atoms with Gasteiger partial charge in [0, 0.05) is 13.6 Å². The zero-order valence-corrected chi connectivity index (χ0v) is 13.5. The monoisotopic (exact) mass is 330 g/mol. The summed E-state index contributed by atoms with van der Waals surface area (Å²) in [5.41, 5.74) is 0.527. The van der Waals surface area contributed by atoms with E-state index >= 15 is 0 Å². The molecule has 0 aliphatic carbocycles. The van der Waals surface area contributed by atoms with Gasteiger partial charge in [0.1, 0.15) is 5.82 Å². The summed E-state index contributed by atoms with van der Waals surface area (Å²) in [7, 11) is 1.69. The van der Waals surface area contributed by atoms with Crippen molar-refractivity contribution in [1.82, 2.24) is 19.7 Å². The fourth-order valence-corrected chi connectivity index (χ4v) is 2.77. The number of amides is 1. The average Bonchev–Trinajstić information content (AvgIpc) is 3.22. The van der Waals surface area contributed by atoms with Gasteiger partial charge in [0.05, 0.1) is 10.6 Å². The molecule has 0 unspecified atom stereocenters. The SMILES string of the molecule is CCN(C)C(=O)c1nc(-c2cccs2)n(-c2cccc(F)c2)n1. The normalized spacial score (nSPS) is 10.7. The molecule has 0 aliphatic heterocycles. The zero-order valence-electron chi connectivity index (χ0n) is 12.7. The zero-order chi connectivity index (χ0) is 16.4. The third-order valence-electron chi connectivity index (χ3n) is 3.41. The van der Waals surface area contributed by atoms with Crippen LogP contribution in [0.4, 0.5) is 4.39 Å². The molecule has 0 aliphatic rings. The van der Waals surface area contributed by atoms with E-state index in [-0.39, 0.29) is 17.5 Å². The van der Waals surface area contributed by atoms with Crippen molar-refractivity contribution < 1.29 is 9.18 Å². The minimum absolute atomic E-state index is 0.0991. The van der Waals surface area contributed by atoms with Crippen molar-refractivity contribution in [2.75, 3.05) is 13.6 Å². The Morgan fingerprint density at radius 3 is 2.83 bits per heavy atom. The molecule has 2 heterocycles. The smallest absolute Gasteiger partial charge is 0.293 e. The molecule has 0 fully saturated rings. The Morgan fingerprint density at radius 1 is 1.35 bits per heavy atom. The molecule has 0 saturated carbocycles. The van der Waals surface area contributed by atoms with E-state index in [1.165, 1.54) is 33.1 Å². The van der Waals surface area contributed by atoms with E-state index in [1.54, 1.807) is 19.2 Å². The van der Waals surface area contributed by atoms with Crippen LogP contribution in [0.1, 0.15) is 17.5 Å². The molecular formula is C16H15FN4OS. The number of carbonyl (C=O) groups is 1. The first-order valence-corrected chi connectivity index (χ1v) is 8.00. The maximum atomic E-state index is 13.5. The quantitative estimate of drug-likeness (QED) is 0.738. The van der Waals surface area contributed by atoms with Gasteiger partial charge in [0.25, 0.3) is 5.91 Å². The maximum Gasteiger partial charge on any atom is 0.293 e. The van der Waals surface area contributed by atoms with Gasteiger partial charge in [0.15, 0.2) is 5.82 Å². The standard InChI is InChI=1S/C16H15FN4OS/c1-3-20(2)16(22)14-18-15(13-8-5-9-23-13)21(19-14)12-7-4-6-11(17)10-12/h4-10H,3H2,1-2H3.